The topological polar surface area (TPSA) is 125 Å². The number of hydrogen-bond donors (Lipinski definition) is 2. The van der Waals surface area contributed by atoms with Crippen LogP contribution < -0.4 is 15.0 Å². The molecule has 1 aliphatic carbocycles. The molecule has 1 aromatic heterocycles. The number of ether oxygens (including phenoxy) is 1. The number of halogens is 1. The molecule has 40 heavy (non-hydrogen) atoms. The van der Waals surface area contributed by atoms with E-state index in [9.17, 15) is 22.7 Å². The Kier molecular flexibility index (Phi) is 9.31. The maximum atomic E-state index is 14.1. The van der Waals surface area contributed by atoms with Crippen LogP contribution in [0.5, 0.6) is 11.5 Å². The molecular formula is C28H40FN5O5S. The Morgan fingerprint density at radius 1 is 1.27 bits per heavy atom. The van der Waals surface area contributed by atoms with E-state index in [0.29, 0.717) is 75.9 Å². The minimum atomic E-state index is -3.07. The van der Waals surface area contributed by atoms with Gasteiger partial charge in [-0.2, -0.15) is 0 Å². The van der Waals surface area contributed by atoms with Crippen LogP contribution in [0.3, 0.4) is 0 Å². The van der Waals surface area contributed by atoms with Crippen LogP contribution >= 0.6 is 0 Å². The Labute approximate surface area is 235 Å². The maximum Gasteiger partial charge on any atom is 0.257 e. The Bertz CT molecular complexity index is 1290. The molecule has 1 aliphatic heterocycles. The van der Waals surface area contributed by atoms with Gasteiger partial charge in [0.2, 0.25) is 0 Å². The van der Waals surface area contributed by atoms with Crippen molar-refractivity contribution in [3.8, 4) is 11.5 Å². The molecule has 220 valence electrons. The molecule has 1 saturated carbocycles. The number of amides is 1. The van der Waals surface area contributed by atoms with Crippen LogP contribution in [0.25, 0.3) is 0 Å². The van der Waals surface area contributed by atoms with E-state index >= 15 is 0 Å². The summed E-state index contributed by atoms with van der Waals surface area (Å²) in [5, 5.41) is 13.9. The number of nitrogens with one attached hydrogen (secondary N) is 1. The van der Waals surface area contributed by atoms with E-state index in [1.807, 2.05) is 25.7 Å². The molecule has 2 fully saturated rings. The molecule has 1 aromatic carbocycles. The summed E-state index contributed by atoms with van der Waals surface area (Å²) in [4.78, 5) is 25.4. The standard InChI is InChI=1S/C28H40FN5O5S/c1-5-34(19(2)3)27(35)23-12-21(29)6-7-24(23)39-25-14-31-18-32-26(25)33-15-20(16-33)13-30-17-28(36)10-8-22(9-11-28)40(4,37)38/h6-7,12,14,18-20,22,30,36H,5,8-11,13,15-17H2,1-4H3. The van der Waals surface area contributed by atoms with Crippen LogP contribution in [0.1, 0.15) is 56.8 Å². The molecule has 10 nitrogen and oxygen atoms in total. The van der Waals surface area contributed by atoms with Crippen LogP contribution in [0.2, 0.25) is 0 Å². The first kappa shape index (κ1) is 30.1. The lowest BCUT2D eigenvalue weighted by Gasteiger charge is -2.41. The van der Waals surface area contributed by atoms with Crippen molar-refractivity contribution < 1.29 is 27.4 Å². The monoisotopic (exact) mass is 577 g/mol. The number of benzene rings is 1. The molecule has 12 heteroatoms. The van der Waals surface area contributed by atoms with Crippen molar-refractivity contribution in [1.29, 1.82) is 0 Å². The molecule has 1 amide bonds. The van der Waals surface area contributed by atoms with Crippen molar-refractivity contribution in [3.05, 3.63) is 42.1 Å². The zero-order chi connectivity index (χ0) is 29.1. The zero-order valence-corrected chi connectivity index (χ0v) is 24.5. The van der Waals surface area contributed by atoms with E-state index < -0.39 is 21.3 Å². The summed E-state index contributed by atoms with van der Waals surface area (Å²) in [5.74, 6) is 0.685. The molecular weight excluding hydrogens is 537 g/mol. The van der Waals surface area contributed by atoms with E-state index in [2.05, 4.69) is 15.3 Å². The Morgan fingerprint density at radius 3 is 2.60 bits per heavy atom. The third-order valence-electron chi connectivity index (χ3n) is 7.89. The first-order valence-corrected chi connectivity index (χ1v) is 15.8. The highest BCUT2D eigenvalue weighted by molar-refractivity contribution is 7.91. The smallest absolute Gasteiger partial charge is 0.257 e. The van der Waals surface area contributed by atoms with Gasteiger partial charge >= 0.3 is 0 Å². The number of carbonyl (C=O) groups excluding carboxylic acids is 1. The van der Waals surface area contributed by atoms with Gasteiger partial charge in [-0.1, -0.05) is 0 Å². The number of aromatic nitrogens is 2. The molecule has 4 rings (SSSR count). The van der Waals surface area contributed by atoms with Gasteiger partial charge in [-0.3, -0.25) is 4.79 Å². The number of hydrogen-bond acceptors (Lipinski definition) is 9. The van der Waals surface area contributed by atoms with Gasteiger partial charge < -0.3 is 25.0 Å². The number of anilines is 1. The predicted octanol–water partition coefficient (Wildman–Crippen LogP) is 3.02. The summed E-state index contributed by atoms with van der Waals surface area (Å²) >= 11 is 0. The second-order valence-electron chi connectivity index (χ2n) is 11.3. The van der Waals surface area contributed by atoms with Crippen molar-refractivity contribution in [2.24, 2.45) is 5.92 Å². The van der Waals surface area contributed by atoms with E-state index in [0.717, 1.165) is 0 Å². The van der Waals surface area contributed by atoms with Crippen molar-refractivity contribution in [2.45, 2.75) is 63.3 Å². The number of rotatable bonds is 11. The van der Waals surface area contributed by atoms with Crippen molar-refractivity contribution in [3.63, 3.8) is 0 Å². The van der Waals surface area contributed by atoms with Gasteiger partial charge in [0, 0.05) is 50.9 Å². The van der Waals surface area contributed by atoms with Gasteiger partial charge in [-0.15, -0.1) is 0 Å². The predicted molar refractivity (Wildman–Crippen MR) is 151 cm³/mol. The van der Waals surface area contributed by atoms with Gasteiger partial charge in [0.25, 0.3) is 5.91 Å². The van der Waals surface area contributed by atoms with Gasteiger partial charge in [0.05, 0.1) is 22.6 Å². The average molecular weight is 578 g/mol. The molecule has 2 aliphatic rings. The molecule has 1 saturated heterocycles. The molecule has 2 aromatic rings. The van der Waals surface area contributed by atoms with Crippen LogP contribution in [0, 0.1) is 11.7 Å². The fourth-order valence-electron chi connectivity index (χ4n) is 5.51. The van der Waals surface area contributed by atoms with E-state index in [4.69, 9.17) is 4.74 Å². The largest absolute Gasteiger partial charge is 0.451 e. The van der Waals surface area contributed by atoms with E-state index in [1.165, 1.54) is 37.0 Å². The van der Waals surface area contributed by atoms with Crippen molar-refractivity contribution in [2.75, 3.05) is 43.9 Å². The summed E-state index contributed by atoms with van der Waals surface area (Å²) in [6.07, 6.45) is 6.15. The van der Waals surface area contributed by atoms with Crippen LogP contribution in [-0.4, -0.2) is 90.2 Å². The summed E-state index contributed by atoms with van der Waals surface area (Å²) < 4.78 is 43.8. The molecule has 2 heterocycles. The second kappa shape index (κ2) is 12.4. The number of carbonyl (C=O) groups is 1. The van der Waals surface area contributed by atoms with Crippen LogP contribution in [-0.2, 0) is 9.84 Å². The normalized spacial score (nSPS) is 21.8. The second-order valence-corrected chi connectivity index (χ2v) is 13.6. The first-order chi connectivity index (χ1) is 18.9. The van der Waals surface area contributed by atoms with Gasteiger partial charge in [-0.25, -0.2) is 22.8 Å². The lowest BCUT2D eigenvalue weighted by Crippen LogP contribution is -2.53. The van der Waals surface area contributed by atoms with Crippen LogP contribution in [0.4, 0.5) is 10.2 Å². The van der Waals surface area contributed by atoms with Crippen LogP contribution in [0.15, 0.2) is 30.7 Å². The minimum absolute atomic E-state index is 0.0564. The fraction of sp³-hybridized carbons (Fsp3) is 0.607. The third-order valence-corrected chi connectivity index (χ3v) is 9.57. The molecule has 0 radical (unpaired) electrons. The molecule has 0 bridgehead atoms. The van der Waals surface area contributed by atoms with Gasteiger partial charge in [0.15, 0.2) is 11.6 Å². The molecule has 0 atom stereocenters. The summed E-state index contributed by atoms with van der Waals surface area (Å²) in [7, 11) is -3.07. The SMILES string of the molecule is CCN(C(=O)c1cc(F)ccc1Oc1cncnc1N1CC(CNCC2(O)CCC(S(C)(=O)=O)CC2)C1)C(C)C. The Morgan fingerprint density at radius 2 is 1.98 bits per heavy atom. The highest BCUT2D eigenvalue weighted by atomic mass is 32.2. The summed E-state index contributed by atoms with van der Waals surface area (Å²) in [6.45, 7) is 8.71. The zero-order valence-electron chi connectivity index (χ0n) is 23.6. The molecule has 0 spiro atoms. The minimum Gasteiger partial charge on any atom is -0.451 e. The number of sulfone groups is 1. The summed E-state index contributed by atoms with van der Waals surface area (Å²) in [6, 6.07) is 3.84. The highest BCUT2D eigenvalue weighted by Crippen LogP contribution is 2.36. The Hall–Kier alpha value is -2.83. The molecule has 0 unspecified atom stereocenters. The fourth-order valence-corrected chi connectivity index (χ4v) is 6.60. The van der Waals surface area contributed by atoms with Gasteiger partial charge in [-0.05, 0) is 64.7 Å². The van der Waals surface area contributed by atoms with E-state index in [1.54, 1.807) is 4.90 Å². The average Bonchev–Trinajstić information content (AvgIpc) is 2.87. The molecule has 2 N–H and O–H groups in total. The van der Waals surface area contributed by atoms with Crippen molar-refractivity contribution in [1.82, 2.24) is 20.2 Å². The quantitative estimate of drug-likeness (QED) is 0.415. The van der Waals surface area contributed by atoms with Gasteiger partial charge in [0.1, 0.15) is 27.7 Å². The first-order valence-electron chi connectivity index (χ1n) is 13.9. The lowest BCUT2D eigenvalue weighted by molar-refractivity contribution is 0.00500. The number of aliphatic hydroxyl groups is 1. The lowest BCUT2D eigenvalue weighted by atomic mass is 9.84. The maximum absolute atomic E-state index is 14.1. The van der Waals surface area contributed by atoms with E-state index in [-0.39, 0.29) is 28.5 Å². The highest BCUT2D eigenvalue weighted by Gasteiger charge is 2.37. The summed E-state index contributed by atoms with van der Waals surface area (Å²) in [5.41, 5.74) is -0.745. The third kappa shape index (κ3) is 7.08. The van der Waals surface area contributed by atoms with Crippen molar-refractivity contribution >= 4 is 21.6 Å². The number of nitrogens with zero attached hydrogens (tertiary/aromatic N) is 4. The Balaban J connectivity index is 1.35.